The Bertz CT molecular complexity index is 1770. The van der Waals surface area contributed by atoms with E-state index in [1.807, 2.05) is 12.2 Å². The number of rotatable bonds is 0. The monoisotopic (exact) mass is 1020 g/mol. The number of fused-ring (bicyclic) bond motifs is 3. The molecule has 4 aromatic carbocycles. The molecule has 0 N–H and O–H groups in total. The van der Waals surface area contributed by atoms with Crippen molar-refractivity contribution in [2.24, 2.45) is 0 Å². The Morgan fingerprint density at radius 3 is 1.24 bits per heavy atom. The maximum atomic E-state index is 5.58. The van der Waals surface area contributed by atoms with Gasteiger partial charge in [0.2, 0.25) is 0 Å². The molecule has 0 radical (unpaired) electrons. The number of halogens is 8. The van der Waals surface area contributed by atoms with Crippen LogP contribution in [0.3, 0.4) is 0 Å². The second-order valence-corrected chi connectivity index (χ2v) is 22.3. The van der Waals surface area contributed by atoms with Crippen LogP contribution in [0.4, 0.5) is 0 Å². The molecule has 0 aromatic heterocycles. The van der Waals surface area contributed by atoms with Gasteiger partial charge in [-0.05, 0) is 39.4 Å². The molecule has 58 heavy (non-hydrogen) atoms. The Morgan fingerprint density at radius 1 is 0.552 bits per heavy atom. The molecule has 2 aliphatic carbocycles. The molecule has 2 aliphatic rings. The molecule has 0 unspecified atom stereocenters. The normalized spacial score (nSPS) is 12.9. The zero-order valence-corrected chi connectivity index (χ0v) is 44.4. The van der Waals surface area contributed by atoms with E-state index in [2.05, 4.69) is 136 Å². The van der Waals surface area contributed by atoms with E-state index >= 15 is 0 Å². The third kappa shape index (κ3) is 17.7. The number of hydrogen-bond acceptors (Lipinski definition) is 0. The van der Waals surface area contributed by atoms with Gasteiger partial charge in [-0.3, -0.25) is 6.08 Å². The Labute approximate surface area is 409 Å². The van der Waals surface area contributed by atoms with Gasteiger partial charge in [0.1, 0.15) is 0 Å². The van der Waals surface area contributed by atoms with Gasteiger partial charge in [-0.2, -0.15) is 84.4 Å². The van der Waals surface area contributed by atoms with Gasteiger partial charge in [0, 0.05) is 0 Å². The summed E-state index contributed by atoms with van der Waals surface area (Å²) in [7, 11) is 0. The average Bonchev–Trinajstić information content (AvgIpc) is 3.79. The van der Waals surface area contributed by atoms with E-state index in [-0.39, 0.29) is 46.5 Å². The van der Waals surface area contributed by atoms with E-state index in [0.717, 1.165) is 12.8 Å². The first-order valence-corrected chi connectivity index (χ1v) is 22.5. The fourth-order valence-corrected chi connectivity index (χ4v) is 6.87. The second kappa shape index (κ2) is 23.8. The van der Waals surface area contributed by atoms with Gasteiger partial charge >= 0.3 is 28.4 Å². The van der Waals surface area contributed by atoms with Gasteiger partial charge in [-0.25, -0.2) is 12.2 Å². The minimum atomic E-state index is -1.31. The Hall–Kier alpha value is -0.567. The van der Waals surface area contributed by atoms with Crippen LogP contribution in [0, 0.1) is 24.3 Å². The molecular weight excluding hydrogens is 963 g/mol. The quantitative estimate of drug-likeness (QED) is 0.107. The zero-order chi connectivity index (χ0) is 42.9. The van der Waals surface area contributed by atoms with Crippen LogP contribution in [0.15, 0.2) is 85.0 Å². The SMILES string of the molecule is CC(C)(C)c1[c-]c2c(cc1C(C)(C)C)-c1cc(C(C)(C)C)c(C(C)(C)C)cc1C2.Cl.Cl.ClC(Cl)(Cl)c1cc[c-]cc1.ClC(Cl)(Cl)c1cc[c-]cc1.[C-]1=CC=CC1.[CH2]=[Zr]. The van der Waals surface area contributed by atoms with Crippen LogP contribution >= 0.6 is 94.4 Å². The summed E-state index contributed by atoms with van der Waals surface area (Å²) in [5, 5.41) is 0. The van der Waals surface area contributed by atoms with Crippen molar-refractivity contribution in [1.29, 1.82) is 0 Å². The number of alkyl halides is 6. The van der Waals surface area contributed by atoms with E-state index in [1.165, 1.54) is 68.7 Å². The van der Waals surface area contributed by atoms with E-state index in [1.54, 1.807) is 48.5 Å². The summed E-state index contributed by atoms with van der Waals surface area (Å²) in [6.07, 6.45) is 11.0. The van der Waals surface area contributed by atoms with Crippen LogP contribution in [0.1, 0.15) is 134 Å². The maximum absolute atomic E-state index is 5.58. The van der Waals surface area contributed by atoms with Crippen LogP contribution in [-0.2, 0) is 59.9 Å². The summed E-state index contributed by atoms with van der Waals surface area (Å²) >= 11 is 34.8. The molecule has 0 bridgehead atoms. The van der Waals surface area contributed by atoms with Crippen LogP contribution < -0.4 is 0 Å². The predicted molar refractivity (Wildman–Crippen MR) is 261 cm³/mol. The molecule has 0 heterocycles. The topological polar surface area (TPSA) is 0 Å². The summed E-state index contributed by atoms with van der Waals surface area (Å²) in [6, 6.07) is 30.7. The average molecular weight is 1020 g/mol. The van der Waals surface area contributed by atoms with Crippen molar-refractivity contribution in [2.45, 2.75) is 125 Å². The molecule has 9 heteroatoms. The van der Waals surface area contributed by atoms with Crippen molar-refractivity contribution in [1.82, 2.24) is 0 Å². The van der Waals surface area contributed by atoms with Gasteiger partial charge in [-0.1, -0.05) is 176 Å². The van der Waals surface area contributed by atoms with Gasteiger partial charge < -0.3 is 0 Å². The first-order chi connectivity index (χ1) is 25.6. The van der Waals surface area contributed by atoms with Gasteiger partial charge in [0.05, 0.1) is 0 Å². The molecule has 0 amide bonds. The third-order valence-corrected chi connectivity index (χ3v) is 10.2. The summed E-state index contributed by atoms with van der Waals surface area (Å²) in [6.45, 7) is 28.0. The van der Waals surface area contributed by atoms with Gasteiger partial charge in [0.15, 0.2) is 7.59 Å². The number of benzene rings is 4. The first kappa shape index (κ1) is 57.4. The Morgan fingerprint density at radius 2 is 0.948 bits per heavy atom. The van der Waals surface area contributed by atoms with Crippen molar-refractivity contribution in [2.75, 3.05) is 0 Å². The van der Waals surface area contributed by atoms with Crippen molar-refractivity contribution < 1.29 is 24.2 Å². The van der Waals surface area contributed by atoms with Crippen molar-refractivity contribution >= 4 is 98.6 Å². The number of allylic oxidation sites excluding steroid dienone is 4. The molecule has 0 atom stereocenters. The fourth-order valence-electron chi connectivity index (χ4n) is 6.12. The van der Waals surface area contributed by atoms with E-state index in [9.17, 15) is 0 Å². The molecule has 0 saturated heterocycles. The standard InChI is InChI=1S/C29H41.2C7H4Cl3.C5H5.CH2.2ClH.Zr/c1-26(2,3)22-14-18-13-19-15-23(27(4,5)6)25(29(10,11)12)17-21(19)20(18)16-24(22)28(7,8)9;2*8-7(9,10)6-4-2-1-3-5-6;1-2-4-5-3-1;;;;/h14,16-17H,13H2,1-12H3;2*2-5H;1-3H,4H2;1H2;2*1H;/q4*-1;;;;. The molecular formula is C49H58Cl8Zr-4. The Kier molecular flexibility index (Phi) is 23.5. The molecule has 0 nitrogen and oxygen atoms in total. The predicted octanol–water partition coefficient (Wildman–Crippen LogP) is 17.0. The van der Waals surface area contributed by atoms with Crippen molar-refractivity contribution in [3.8, 4) is 11.1 Å². The van der Waals surface area contributed by atoms with E-state index in [4.69, 9.17) is 69.6 Å². The molecule has 318 valence electrons. The first-order valence-electron chi connectivity index (χ1n) is 18.5. The minimum absolute atomic E-state index is 0. The summed E-state index contributed by atoms with van der Waals surface area (Å²) in [5.41, 5.74) is 13.3. The van der Waals surface area contributed by atoms with E-state index < -0.39 is 7.59 Å². The summed E-state index contributed by atoms with van der Waals surface area (Å²) in [4.78, 5) is 0. The molecule has 0 spiro atoms. The summed E-state index contributed by atoms with van der Waals surface area (Å²) in [5.74, 6) is 0. The van der Waals surface area contributed by atoms with Crippen LogP contribution in [0.5, 0.6) is 0 Å². The van der Waals surface area contributed by atoms with Crippen molar-refractivity contribution in [3.05, 3.63) is 154 Å². The van der Waals surface area contributed by atoms with Gasteiger partial charge in [-0.15, -0.1) is 59.1 Å². The molecule has 6 rings (SSSR count). The summed E-state index contributed by atoms with van der Waals surface area (Å²) < 4.78 is 0.719. The van der Waals surface area contributed by atoms with E-state index in [0.29, 0.717) is 11.1 Å². The third-order valence-electron chi connectivity index (χ3n) is 8.91. The molecule has 4 aromatic rings. The Balaban J connectivity index is 0.000000911. The second-order valence-electron chi connectivity index (χ2n) is 17.8. The van der Waals surface area contributed by atoms with Crippen LogP contribution in [0.2, 0.25) is 0 Å². The fraction of sp³-hybridized carbons (Fsp3) is 0.408. The number of hydrogen-bond donors (Lipinski definition) is 0. The van der Waals surface area contributed by atoms with Crippen LogP contribution in [0.25, 0.3) is 11.1 Å². The van der Waals surface area contributed by atoms with Crippen molar-refractivity contribution in [3.63, 3.8) is 0 Å². The van der Waals surface area contributed by atoms with Crippen LogP contribution in [-0.4, -0.2) is 4.21 Å². The van der Waals surface area contributed by atoms with Gasteiger partial charge in [0.25, 0.3) is 0 Å². The molecule has 0 saturated carbocycles. The molecule has 0 fully saturated rings. The zero-order valence-electron chi connectivity index (χ0n) is 35.8. The molecule has 0 aliphatic heterocycles.